The highest BCUT2D eigenvalue weighted by Gasteiger charge is 2.38. The summed E-state index contributed by atoms with van der Waals surface area (Å²) in [6.45, 7) is 0. The molecule has 0 fully saturated rings. The van der Waals surface area contributed by atoms with Gasteiger partial charge in [-0.3, -0.25) is 4.79 Å². The summed E-state index contributed by atoms with van der Waals surface area (Å²) < 4.78 is 12.5. The molecule has 0 amide bonds. The third kappa shape index (κ3) is 3.55. The number of ether oxygens (including phenoxy) is 2. The molecule has 0 saturated heterocycles. The largest absolute Gasteiger partial charge is 0.497 e. The molecule has 1 heterocycles. The van der Waals surface area contributed by atoms with E-state index >= 15 is 0 Å². The van der Waals surface area contributed by atoms with E-state index in [1.165, 1.54) is 0 Å². The van der Waals surface area contributed by atoms with Gasteiger partial charge >= 0.3 is 0 Å². The van der Waals surface area contributed by atoms with Crippen LogP contribution in [0.5, 0.6) is 11.5 Å². The zero-order valence-corrected chi connectivity index (χ0v) is 16.3. The standard InChI is InChI=1S/C22H18BrNO3/c1-26-17-12-6-14(7-13-17)22-20(24-16-10-8-15(23)9-11-16)21(25)18-4-2-3-5-19(18)27-22/h2-13,20,22,24H,1H3. The molecule has 136 valence electrons. The number of carbonyl (C=O) groups excluding carboxylic acids is 1. The highest BCUT2D eigenvalue weighted by atomic mass is 79.9. The predicted molar refractivity (Wildman–Crippen MR) is 109 cm³/mol. The zero-order chi connectivity index (χ0) is 18.8. The SMILES string of the molecule is COc1ccc(C2Oc3ccccc3C(=O)C2Nc2ccc(Br)cc2)cc1. The Morgan fingerprint density at radius 2 is 1.67 bits per heavy atom. The summed E-state index contributed by atoms with van der Waals surface area (Å²) in [5.74, 6) is 1.39. The number of nitrogens with one attached hydrogen (secondary N) is 1. The Kier molecular flexibility index (Phi) is 4.86. The molecule has 4 nitrogen and oxygen atoms in total. The lowest BCUT2D eigenvalue weighted by Gasteiger charge is -2.34. The van der Waals surface area contributed by atoms with Crippen LogP contribution in [0, 0.1) is 0 Å². The number of hydrogen-bond acceptors (Lipinski definition) is 4. The molecule has 2 atom stereocenters. The second-order valence-electron chi connectivity index (χ2n) is 6.30. The maximum absolute atomic E-state index is 13.2. The lowest BCUT2D eigenvalue weighted by atomic mass is 9.91. The Morgan fingerprint density at radius 1 is 0.963 bits per heavy atom. The number of anilines is 1. The van der Waals surface area contributed by atoms with Crippen molar-refractivity contribution in [3.63, 3.8) is 0 Å². The van der Waals surface area contributed by atoms with Crippen LogP contribution in [-0.2, 0) is 0 Å². The van der Waals surface area contributed by atoms with E-state index in [0.717, 1.165) is 21.5 Å². The van der Waals surface area contributed by atoms with Gasteiger partial charge in [-0.15, -0.1) is 0 Å². The Morgan fingerprint density at radius 3 is 2.37 bits per heavy atom. The van der Waals surface area contributed by atoms with Crippen molar-refractivity contribution in [1.29, 1.82) is 0 Å². The first kappa shape index (κ1) is 17.6. The first-order valence-corrected chi connectivity index (χ1v) is 9.41. The van der Waals surface area contributed by atoms with E-state index < -0.39 is 12.1 Å². The number of Topliss-reactive ketones (excluding diaryl/α,β-unsaturated/α-hetero) is 1. The first-order chi connectivity index (χ1) is 13.2. The molecular formula is C22H18BrNO3. The van der Waals surface area contributed by atoms with Crippen molar-refractivity contribution in [1.82, 2.24) is 0 Å². The monoisotopic (exact) mass is 423 g/mol. The van der Waals surface area contributed by atoms with Crippen LogP contribution < -0.4 is 14.8 Å². The number of carbonyl (C=O) groups is 1. The molecule has 0 spiro atoms. The third-order valence-corrected chi connectivity index (χ3v) is 5.13. The van der Waals surface area contributed by atoms with Gasteiger partial charge in [0.05, 0.1) is 12.7 Å². The number of rotatable bonds is 4. The van der Waals surface area contributed by atoms with Gasteiger partial charge in [-0.1, -0.05) is 40.2 Å². The quantitative estimate of drug-likeness (QED) is 0.621. The molecule has 2 unspecified atom stereocenters. The maximum atomic E-state index is 13.2. The van der Waals surface area contributed by atoms with E-state index in [1.54, 1.807) is 13.2 Å². The van der Waals surface area contributed by atoms with Gasteiger partial charge in [0.2, 0.25) is 0 Å². The van der Waals surface area contributed by atoms with Gasteiger partial charge in [0, 0.05) is 10.2 Å². The highest BCUT2D eigenvalue weighted by molar-refractivity contribution is 9.10. The van der Waals surface area contributed by atoms with Crippen LogP contribution in [0.1, 0.15) is 22.0 Å². The van der Waals surface area contributed by atoms with Crippen LogP contribution in [0.15, 0.2) is 77.3 Å². The fourth-order valence-electron chi connectivity index (χ4n) is 3.20. The Bertz CT molecular complexity index is 954. The summed E-state index contributed by atoms with van der Waals surface area (Å²) in [6.07, 6.45) is -0.443. The van der Waals surface area contributed by atoms with E-state index in [1.807, 2.05) is 66.7 Å². The molecule has 4 rings (SSSR count). The number of fused-ring (bicyclic) bond motifs is 1. The number of hydrogen-bond donors (Lipinski definition) is 1. The molecule has 0 aliphatic carbocycles. The number of para-hydroxylation sites is 1. The molecule has 1 aliphatic rings. The molecule has 0 aromatic heterocycles. The van der Waals surface area contributed by atoms with E-state index in [2.05, 4.69) is 21.2 Å². The summed E-state index contributed by atoms with van der Waals surface area (Å²) in [7, 11) is 1.63. The van der Waals surface area contributed by atoms with Gasteiger partial charge in [-0.2, -0.15) is 0 Å². The topological polar surface area (TPSA) is 47.6 Å². The lowest BCUT2D eigenvalue weighted by molar-refractivity contribution is 0.0812. The smallest absolute Gasteiger partial charge is 0.192 e. The Balaban J connectivity index is 1.72. The van der Waals surface area contributed by atoms with Crippen LogP contribution >= 0.6 is 15.9 Å². The molecule has 3 aromatic carbocycles. The molecule has 0 saturated carbocycles. The minimum absolute atomic E-state index is 0.0144. The number of methoxy groups -OCH3 is 1. The van der Waals surface area contributed by atoms with E-state index in [0.29, 0.717) is 11.3 Å². The summed E-state index contributed by atoms with van der Waals surface area (Å²) in [4.78, 5) is 13.2. The van der Waals surface area contributed by atoms with Gasteiger partial charge in [0.1, 0.15) is 17.5 Å². The van der Waals surface area contributed by atoms with Crippen molar-refractivity contribution in [2.45, 2.75) is 12.1 Å². The van der Waals surface area contributed by atoms with Crippen LogP contribution in [0.3, 0.4) is 0 Å². The zero-order valence-electron chi connectivity index (χ0n) is 14.7. The molecular weight excluding hydrogens is 406 g/mol. The van der Waals surface area contributed by atoms with Crippen molar-refractivity contribution in [3.8, 4) is 11.5 Å². The third-order valence-electron chi connectivity index (χ3n) is 4.60. The van der Waals surface area contributed by atoms with E-state index in [4.69, 9.17) is 9.47 Å². The first-order valence-electron chi connectivity index (χ1n) is 8.61. The number of halogens is 1. The van der Waals surface area contributed by atoms with Crippen LogP contribution in [0.4, 0.5) is 5.69 Å². The van der Waals surface area contributed by atoms with Crippen molar-refractivity contribution < 1.29 is 14.3 Å². The number of ketones is 1. The maximum Gasteiger partial charge on any atom is 0.192 e. The average Bonchev–Trinajstić information content (AvgIpc) is 2.71. The molecule has 0 radical (unpaired) electrons. The fourth-order valence-corrected chi connectivity index (χ4v) is 3.47. The molecule has 1 N–H and O–H groups in total. The minimum atomic E-state index is -0.533. The minimum Gasteiger partial charge on any atom is -0.497 e. The molecule has 1 aliphatic heterocycles. The van der Waals surface area contributed by atoms with Gasteiger partial charge in [0.25, 0.3) is 0 Å². The van der Waals surface area contributed by atoms with Gasteiger partial charge in [-0.25, -0.2) is 0 Å². The summed E-state index contributed by atoms with van der Waals surface area (Å²) >= 11 is 3.43. The average molecular weight is 424 g/mol. The van der Waals surface area contributed by atoms with Gasteiger partial charge in [-0.05, 0) is 54.1 Å². The highest BCUT2D eigenvalue weighted by Crippen LogP contribution is 2.37. The normalized spacial score (nSPS) is 18.4. The number of benzene rings is 3. The lowest BCUT2D eigenvalue weighted by Crippen LogP contribution is -2.42. The van der Waals surface area contributed by atoms with E-state index in [-0.39, 0.29) is 5.78 Å². The fraction of sp³-hybridized carbons (Fsp3) is 0.136. The van der Waals surface area contributed by atoms with Crippen LogP contribution in [-0.4, -0.2) is 18.9 Å². The Labute approximate surface area is 166 Å². The van der Waals surface area contributed by atoms with Gasteiger partial charge in [0.15, 0.2) is 11.9 Å². The predicted octanol–water partition coefficient (Wildman–Crippen LogP) is 5.25. The summed E-state index contributed by atoms with van der Waals surface area (Å²) in [6, 6.07) is 22.2. The van der Waals surface area contributed by atoms with E-state index in [9.17, 15) is 4.79 Å². The second-order valence-corrected chi connectivity index (χ2v) is 7.22. The molecule has 0 bridgehead atoms. The molecule has 3 aromatic rings. The summed E-state index contributed by atoms with van der Waals surface area (Å²) in [5, 5.41) is 3.35. The van der Waals surface area contributed by atoms with Crippen molar-refractivity contribution in [2.75, 3.05) is 12.4 Å². The van der Waals surface area contributed by atoms with Crippen LogP contribution in [0.2, 0.25) is 0 Å². The molecule has 27 heavy (non-hydrogen) atoms. The van der Waals surface area contributed by atoms with Gasteiger partial charge < -0.3 is 14.8 Å². The molecule has 5 heteroatoms. The van der Waals surface area contributed by atoms with Crippen molar-refractivity contribution >= 4 is 27.4 Å². The Hall–Kier alpha value is -2.79. The second kappa shape index (κ2) is 7.45. The van der Waals surface area contributed by atoms with Crippen molar-refractivity contribution in [3.05, 3.63) is 88.4 Å². The van der Waals surface area contributed by atoms with Crippen LogP contribution in [0.25, 0.3) is 0 Å². The summed E-state index contributed by atoms with van der Waals surface area (Å²) in [5.41, 5.74) is 2.36. The van der Waals surface area contributed by atoms with Crippen molar-refractivity contribution in [2.24, 2.45) is 0 Å².